The lowest BCUT2D eigenvalue weighted by Crippen LogP contribution is -2.65. The number of nitrogens with zero attached hydrogens (tertiary/aromatic N) is 2. The minimum atomic E-state index is -6.24. The summed E-state index contributed by atoms with van der Waals surface area (Å²) in [5.74, 6) is -4.12. The van der Waals surface area contributed by atoms with E-state index in [4.69, 9.17) is 23.3 Å². The molecule has 69 heavy (non-hydrogen) atoms. The molecular formula is C24H52N2O35S8. The van der Waals surface area contributed by atoms with Gasteiger partial charge in [-0.15, -0.1) is 0 Å². The second kappa shape index (κ2) is 27.3. The topological polar surface area (TPSA) is 543 Å². The second-order valence-electron chi connectivity index (χ2n) is 12.9. The third kappa shape index (κ3) is 28.7. The SMILES string of the molecule is CCN(CC)CC.CCN(CC)CC.O=S(=O)(O)OC[C@H]1O[C@@](COS(=O)(=O)O)(O[C@H]2O[C@H](COS(=O)(=O)O)[C@@H](OS(=O)(=O)O)[C@H](OS(=O)(=O)O)[C@H]2OS(=O)(=O)O)[C@@H](OS(=O)(=O)O)[C@@H]1OS(=O)(=O)O. The molecule has 0 aromatic carbocycles. The van der Waals surface area contributed by atoms with E-state index < -0.39 is 158 Å². The fraction of sp³-hybridized carbons (Fsp3) is 1.00. The largest absolute Gasteiger partial charge is 0.397 e. The fourth-order valence-corrected chi connectivity index (χ4v) is 9.02. The minimum Gasteiger partial charge on any atom is -0.341 e. The first kappa shape index (κ1) is 67.8. The van der Waals surface area contributed by atoms with Gasteiger partial charge in [0.05, 0.1) is 13.2 Å². The molecular weight excluding hydrogens is 1130 g/mol. The summed E-state index contributed by atoms with van der Waals surface area (Å²) in [6.45, 7) is 14.0. The quantitative estimate of drug-likeness (QED) is 0.0363. The van der Waals surface area contributed by atoms with Gasteiger partial charge in [0, 0.05) is 0 Å². The summed E-state index contributed by atoms with van der Waals surface area (Å²) in [5.41, 5.74) is 0. The van der Waals surface area contributed by atoms with Gasteiger partial charge in [0.15, 0.2) is 18.5 Å². The van der Waals surface area contributed by atoms with E-state index in [1.54, 1.807) is 0 Å². The lowest BCUT2D eigenvalue weighted by atomic mass is 9.99. The van der Waals surface area contributed by atoms with E-state index in [1.165, 1.54) is 39.3 Å². The molecule has 2 aliphatic rings. The summed E-state index contributed by atoms with van der Waals surface area (Å²) < 4.78 is 307. The number of rotatable bonds is 27. The van der Waals surface area contributed by atoms with Crippen LogP contribution in [-0.2, 0) is 131 Å². The van der Waals surface area contributed by atoms with Crippen molar-refractivity contribution in [1.29, 1.82) is 0 Å². The van der Waals surface area contributed by atoms with Gasteiger partial charge in [0.2, 0.25) is 5.79 Å². The molecule has 0 aromatic rings. The Morgan fingerprint density at radius 3 is 1.04 bits per heavy atom. The van der Waals surface area contributed by atoms with Crippen molar-refractivity contribution in [1.82, 2.24) is 9.80 Å². The van der Waals surface area contributed by atoms with Gasteiger partial charge in [-0.1, -0.05) is 41.5 Å². The maximum absolute atomic E-state index is 11.9. The van der Waals surface area contributed by atoms with Crippen LogP contribution in [0, 0.1) is 0 Å². The van der Waals surface area contributed by atoms with Crippen LogP contribution in [0.3, 0.4) is 0 Å². The zero-order valence-electron chi connectivity index (χ0n) is 36.2. The summed E-state index contributed by atoms with van der Waals surface area (Å²) >= 11 is 0. The minimum absolute atomic E-state index is 1.19. The molecule has 45 heteroatoms. The van der Waals surface area contributed by atoms with E-state index >= 15 is 0 Å². The van der Waals surface area contributed by atoms with Gasteiger partial charge in [0.1, 0.15) is 37.1 Å². The summed E-state index contributed by atoms with van der Waals surface area (Å²) in [5, 5.41) is 0. The summed E-state index contributed by atoms with van der Waals surface area (Å²) in [4.78, 5) is 4.75. The summed E-state index contributed by atoms with van der Waals surface area (Å²) in [6, 6.07) is 0. The number of ether oxygens (including phenoxy) is 3. The first-order valence-electron chi connectivity index (χ1n) is 18.5. The molecule has 2 rings (SSSR count). The van der Waals surface area contributed by atoms with Crippen molar-refractivity contribution >= 4 is 83.2 Å². The van der Waals surface area contributed by atoms with Crippen molar-refractivity contribution in [2.75, 3.05) is 59.1 Å². The van der Waals surface area contributed by atoms with Crippen LogP contribution in [0.2, 0.25) is 0 Å². The normalized spacial score (nSPS) is 26.6. The van der Waals surface area contributed by atoms with Gasteiger partial charge in [-0.05, 0) is 39.3 Å². The summed E-state index contributed by atoms with van der Waals surface area (Å²) in [6.07, 6.45) is -26.0. The molecule has 0 unspecified atom stereocenters. The Morgan fingerprint density at radius 1 is 0.406 bits per heavy atom. The molecule has 2 fully saturated rings. The molecule has 0 amide bonds. The maximum atomic E-state index is 11.9. The van der Waals surface area contributed by atoms with Gasteiger partial charge in [-0.2, -0.15) is 67.3 Å². The van der Waals surface area contributed by atoms with Crippen molar-refractivity contribution in [3.05, 3.63) is 0 Å². The van der Waals surface area contributed by atoms with Crippen LogP contribution < -0.4 is 0 Å². The molecule has 0 saturated carbocycles. The van der Waals surface area contributed by atoms with Crippen molar-refractivity contribution in [3.63, 3.8) is 0 Å². The van der Waals surface area contributed by atoms with Crippen LogP contribution >= 0.6 is 0 Å². The van der Waals surface area contributed by atoms with Gasteiger partial charge in [-0.3, -0.25) is 36.4 Å². The molecule has 0 radical (unpaired) electrons. The zero-order valence-corrected chi connectivity index (χ0v) is 42.8. The Balaban J connectivity index is 0.00000285. The van der Waals surface area contributed by atoms with Crippen molar-refractivity contribution < 1.29 is 151 Å². The molecule has 2 saturated heterocycles. The molecule has 0 aromatic heterocycles. The van der Waals surface area contributed by atoms with Crippen LogP contribution in [0.25, 0.3) is 0 Å². The first-order chi connectivity index (χ1) is 30.9. The Hall–Kier alpha value is -1.24. The Labute approximate surface area is 398 Å². The lowest BCUT2D eigenvalue weighted by molar-refractivity contribution is -0.374. The van der Waals surface area contributed by atoms with E-state index in [0.29, 0.717) is 0 Å². The number of hydrogen-bond donors (Lipinski definition) is 8. The van der Waals surface area contributed by atoms with Crippen LogP contribution in [0.1, 0.15) is 41.5 Å². The van der Waals surface area contributed by atoms with Crippen LogP contribution in [0.5, 0.6) is 0 Å². The lowest BCUT2D eigenvalue weighted by Gasteiger charge is -2.45. The van der Waals surface area contributed by atoms with E-state index in [9.17, 15) is 94.7 Å². The van der Waals surface area contributed by atoms with Gasteiger partial charge in [-0.25, -0.2) is 33.5 Å². The molecule has 0 spiro atoms. The van der Waals surface area contributed by atoms with Crippen LogP contribution in [-0.4, -0.2) is 227 Å². The monoisotopic (exact) mass is 1180 g/mol. The molecule has 2 heterocycles. The smallest absolute Gasteiger partial charge is 0.341 e. The van der Waals surface area contributed by atoms with E-state index in [1.807, 2.05) is 0 Å². The van der Waals surface area contributed by atoms with E-state index in [-0.39, 0.29) is 0 Å². The van der Waals surface area contributed by atoms with Crippen molar-refractivity contribution in [2.45, 2.75) is 96.3 Å². The maximum Gasteiger partial charge on any atom is 0.397 e. The summed E-state index contributed by atoms with van der Waals surface area (Å²) in [7, 11) is -48.3. The zero-order chi connectivity index (χ0) is 54.4. The molecule has 416 valence electrons. The predicted molar refractivity (Wildman–Crippen MR) is 219 cm³/mol. The highest BCUT2D eigenvalue weighted by atomic mass is 32.3. The Bertz CT molecular complexity index is 2490. The van der Waals surface area contributed by atoms with Gasteiger partial charge in [0.25, 0.3) is 0 Å². The first-order valence-corrected chi connectivity index (χ1v) is 29.4. The Morgan fingerprint density at radius 2 is 0.725 bits per heavy atom. The molecule has 8 N–H and O–H groups in total. The van der Waals surface area contributed by atoms with E-state index in [0.717, 1.165) is 0 Å². The second-order valence-corrected chi connectivity index (χ2v) is 21.4. The van der Waals surface area contributed by atoms with Crippen molar-refractivity contribution in [2.24, 2.45) is 0 Å². The third-order valence-electron chi connectivity index (χ3n) is 8.37. The number of hydrogen-bond acceptors (Lipinski definition) is 29. The van der Waals surface area contributed by atoms with Gasteiger partial charge < -0.3 is 24.0 Å². The average Bonchev–Trinajstić information content (AvgIpc) is 3.40. The molecule has 0 aliphatic carbocycles. The highest BCUT2D eigenvalue weighted by molar-refractivity contribution is 7.82. The van der Waals surface area contributed by atoms with E-state index in [2.05, 4.69) is 84.8 Å². The van der Waals surface area contributed by atoms with Gasteiger partial charge >= 0.3 is 83.2 Å². The van der Waals surface area contributed by atoms with Crippen LogP contribution in [0.15, 0.2) is 0 Å². The standard InChI is InChI=1S/C12H22O35S8.2C6H15N/c13-48(14,15)37-1-4-6(43-51(22,23)24)8(45-53(28,29)30)9(46-54(31,32)33)11(40-4)42-12(3-39-50(19,20)21)10(47-55(34,35)36)7(44-52(25,26)27)5(41-12)2-38-49(16,17)18;2*1-4-7(5-2)6-3/h4-11H,1-3H2,(H,13,14,15)(H,16,17,18)(H,19,20,21)(H,22,23,24)(H,25,26,27)(H,28,29,30)(H,31,32,33)(H,34,35,36);2*4-6H2,1-3H3/t4-,5-,6-,7-,8+,9-,10+,11-,12+;;/m1../s1. The molecule has 37 nitrogen and oxygen atoms in total. The molecule has 0 bridgehead atoms. The van der Waals surface area contributed by atoms with Crippen molar-refractivity contribution in [3.8, 4) is 0 Å². The highest BCUT2D eigenvalue weighted by Gasteiger charge is 2.65. The molecule has 9 atom stereocenters. The third-order valence-corrected chi connectivity index (χ3v) is 12.0. The molecule has 2 aliphatic heterocycles. The fourth-order valence-electron chi connectivity index (χ4n) is 5.58. The highest BCUT2D eigenvalue weighted by Crippen LogP contribution is 2.43. The average molecular weight is 1190 g/mol. The van der Waals surface area contributed by atoms with Crippen LogP contribution in [0.4, 0.5) is 0 Å². The Kier molecular flexibility index (Phi) is 26.8. The predicted octanol–water partition coefficient (Wildman–Crippen LogP) is -4.08.